The number of phenolic OH excluding ortho intramolecular Hbond substituents is 1. The van der Waals surface area contributed by atoms with Crippen LogP contribution in [0.25, 0.3) is 0 Å². The number of hydrogen-bond acceptors (Lipinski definition) is 12. The minimum atomic E-state index is -0.907. The summed E-state index contributed by atoms with van der Waals surface area (Å²) in [7, 11) is 4.55. The van der Waals surface area contributed by atoms with Crippen molar-refractivity contribution in [2.24, 2.45) is 0 Å². The van der Waals surface area contributed by atoms with Crippen LogP contribution in [0.15, 0.2) is 34.1 Å². The Hall–Kier alpha value is -4.47. The minimum absolute atomic E-state index is 0.0260. The van der Waals surface area contributed by atoms with Crippen molar-refractivity contribution in [2.75, 3.05) is 27.9 Å². The molecule has 0 saturated carbocycles. The van der Waals surface area contributed by atoms with E-state index in [1.807, 2.05) is 16.8 Å². The summed E-state index contributed by atoms with van der Waals surface area (Å²) in [6, 6.07) is -1.18. The van der Waals surface area contributed by atoms with E-state index >= 15 is 0 Å². The van der Waals surface area contributed by atoms with Gasteiger partial charge < -0.3 is 24.1 Å². The minimum Gasteiger partial charge on any atom is -0.504 e. The SMILES string of the molecule is C/C=C(/C)C(=O)OC[C@H]1c2c(O)c(OC)c(C)c(OC(C)=O)c2C[C@H]2[C@H]3C4=C(C[C@@H]([C@H](C#N)N12)N3C)C(=O)C(C)=C(OC)C4=O. The number of piperazine rings is 1. The van der Waals surface area contributed by atoms with Crippen molar-refractivity contribution in [3.63, 3.8) is 0 Å². The number of methoxy groups -OCH3 is 2. The van der Waals surface area contributed by atoms with Crippen LogP contribution in [-0.4, -0.2) is 90.5 Å². The highest BCUT2D eigenvalue weighted by atomic mass is 16.5. The molecule has 1 aromatic rings. The molecule has 0 aromatic heterocycles. The molecule has 3 heterocycles. The summed E-state index contributed by atoms with van der Waals surface area (Å²) in [6.07, 6.45) is 1.88. The lowest BCUT2D eigenvalue weighted by molar-refractivity contribution is -0.144. The topological polar surface area (TPSA) is 156 Å². The maximum absolute atomic E-state index is 14.0. The smallest absolute Gasteiger partial charge is 0.333 e. The zero-order valence-electron chi connectivity index (χ0n) is 26.6. The molecule has 0 spiro atoms. The Kier molecular flexibility index (Phi) is 8.37. The van der Waals surface area contributed by atoms with Crippen molar-refractivity contribution in [1.82, 2.24) is 9.80 Å². The van der Waals surface area contributed by atoms with E-state index < -0.39 is 47.9 Å². The van der Waals surface area contributed by atoms with Crippen LogP contribution in [0.3, 0.4) is 0 Å². The predicted octanol–water partition coefficient (Wildman–Crippen LogP) is 2.76. The fourth-order valence-corrected chi connectivity index (χ4v) is 7.47. The van der Waals surface area contributed by atoms with E-state index in [2.05, 4.69) is 6.07 Å². The first kappa shape index (κ1) is 31.9. The quantitative estimate of drug-likeness (QED) is 0.215. The zero-order valence-corrected chi connectivity index (χ0v) is 26.6. The third-order valence-corrected chi connectivity index (χ3v) is 9.61. The number of allylic oxidation sites excluding steroid dienone is 3. The van der Waals surface area contributed by atoms with Gasteiger partial charge in [0.05, 0.1) is 32.4 Å². The van der Waals surface area contributed by atoms with Crippen LogP contribution in [0.1, 0.15) is 56.8 Å². The average molecular weight is 620 g/mol. The molecule has 1 N–H and O–H groups in total. The summed E-state index contributed by atoms with van der Waals surface area (Å²) in [6.45, 7) is 7.52. The lowest BCUT2D eigenvalue weighted by Crippen LogP contribution is -2.72. The van der Waals surface area contributed by atoms with E-state index in [0.29, 0.717) is 33.4 Å². The molecule has 0 radical (unpaired) electrons. The third-order valence-electron chi connectivity index (χ3n) is 9.61. The number of Topliss-reactive ketones (excluding diaryl/α,β-unsaturated/α-hetero) is 2. The number of likely N-dealkylation sites (N-methyl/N-ethyl adjacent to an activating group) is 1. The molecular weight excluding hydrogens is 582 g/mol. The van der Waals surface area contributed by atoms with E-state index in [1.54, 1.807) is 33.8 Å². The fourth-order valence-electron chi connectivity index (χ4n) is 7.47. The second-order valence-corrected chi connectivity index (χ2v) is 11.8. The number of phenols is 1. The zero-order chi connectivity index (χ0) is 33.1. The average Bonchev–Trinajstić information content (AvgIpc) is 3.00. The number of carbonyl (C=O) groups excluding carboxylic acids is 4. The lowest BCUT2D eigenvalue weighted by atomic mass is 9.69. The Morgan fingerprint density at radius 1 is 1.07 bits per heavy atom. The number of nitrogens with zero attached hydrogens (tertiary/aromatic N) is 3. The molecular formula is C33H37N3O9. The molecule has 4 aliphatic rings. The number of ketones is 2. The van der Waals surface area contributed by atoms with Crippen molar-refractivity contribution in [2.45, 2.75) is 77.7 Å². The van der Waals surface area contributed by atoms with Crippen molar-refractivity contribution in [3.8, 4) is 23.3 Å². The molecule has 12 heteroatoms. The Labute approximate surface area is 261 Å². The molecule has 5 rings (SSSR count). The van der Waals surface area contributed by atoms with Crippen LogP contribution in [0.4, 0.5) is 0 Å². The molecule has 1 saturated heterocycles. The number of carbonyl (C=O) groups is 4. The third kappa shape index (κ3) is 4.73. The van der Waals surface area contributed by atoms with Crippen LogP contribution < -0.4 is 9.47 Å². The van der Waals surface area contributed by atoms with Crippen molar-refractivity contribution >= 4 is 23.5 Å². The summed E-state index contributed by atoms with van der Waals surface area (Å²) >= 11 is 0. The van der Waals surface area contributed by atoms with Crippen molar-refractivity contribution in [3.05, 3.63) is 50.8 Å². The molecule has 1 aliphatic carbocycles. The summed E-state index contributed by atoms with van der Waals surface area (Å²) in [4.78, 5) is 56.6. The van der Waals surface area contributed by atoms with Gasteiger partial charge in [0.1, 0.15) is 18.4 Å². The van der Waals surface area contributed by atoms with E-state index in [9.17, 15) is 29.5 Å². The number of hydrogen-bond donors (Lipinski definition) is 1. The van der Waals surface area contributed by atoms with E-state index in [-0.39, 0.29) is 53.8 Å². The van der Waals surface area contributed by atoms with Gasteiger partial charge in [0.2, 0.25) is 5.78 Å². The fraction of sp³-hybridized carbons (Fsp3) is 0.485. The number of rotatable bonds is 6. The van der Waals surface area contributed by atoms with Gasteiger partial charge in [-0.1, -0.05) is 6.08 Å². The normalized spacial score (nSPS) is 26.5. The molecule has 1 aromatic carbocycles. The van der Waals surface area contributed by atoms with Gasteiger partial charge in [-0.25, -0.2) is 4.79 Å². The molecule has 1 fully saturated rings. The molecule has 2 bridgehead atoms. The van der Waals surface area contributed by atoms with Gasteiger partial charge >= 0.3 is 11.9 Å². The van der Waals surface area contributed by atoms with Crippen molar-refractivity contribution < 1.29 is 43.2 Å². The highest BCUT2D eigenvalue weighted by Crippen LogP contribution is 2.55. The van der Waals surface area contributed by atoms with Gasteiger partial charge in [-0.3, -0.25) is 24.2 Å². The van der Waals surface area contributed by atoms with Crippen molar-refractivity contribution in [1.29, 1.82) is 5.26 Å². The Morgan fingerprint density at radius 3 is 2.33 bits per heavy atom. The first-order chi connectivity index (χ1) is 21.3. The number of benzene rings is 1. The molecule has 3 aliphatic heterocycles. The van der Waals surface area contributed by atoms with E-state index in [0.717, 1.165) is 0 Å². The number of ether oxygens (including phenoxy) is 4. The van der Waals surface area contributed by atoms with Crippen LogP contribution in [-0.2, 0) is 35.1 Å². The molecule has 0 amide bonds. The standard InChI is InChI=1S/C33H37N3O9/c1-9-14(2)33(41)44-13-23-24-19(30(45-17(5)37)16(4)32(43-8)28(24)39)11-21-26-25-18(27(38)15(3)31(42-7)29(25)40)10-20(35(26)6)22(12-34)36(21)23/h9,20-23,26,39H,10-11,13H2,1-8H3/b14-9-/t20-,21-,22-,23-,26-/m0/s1. The first-order valence-corrected chi connectivity index (χ1v) is 14.7. The van der Waals surface area contributed by atoms with Gasteiger partial charge in [-0.15, -0.1) is 0 Å². The lowest BCUT2D eigenvalue weighted by Gasteiger charge is -2.60. The Morgan fingerprint density at radius 2 is 1.76 bits per heavy atom. The largest absolute Gasteiger partial charge is 0.504 e. The van der Waals surface area contributed by atoms with Gasteiger partial charge in [-0.05, 0) is 47.6 Å². The number of fused-ring (bicyclic) bond motifs is 6. The first-order valence-electron chi connectivity index (χ1n) is 14.7. The van der Waals surface area contributed by atoms with Gasteiger partial charge in [0.15, 0.2) is 23.0 Å². The molecule has 238 valence electrons. The van der Waals surface area contributed by atoms with Gasteiger partial charge in [-0.2, -0.15) is 5.26 Å². The molecule has 5 atom stereocenters. The summed E-state index contributed by atoms with van der Waals surface area (Å²) in [5, 5.41) is 22.3. The number of aromatic hydroxyl groups is 1. The Balaban J connectivity index is 1.78. The van der Waals surface area contributed by atoms with Crippen LogP contribution >= 0.6 is 0 Å². The second-order valence-electron chi connectivity index (χ2n) is 11.8. The summed E-state index contributed by atoms with van der Waals surface area (Å²) in [5.41, 5.74) is 2.37. The maximum Gasteiger partial charge on any atom is 0.333 e. The van der Waals surface area contributed by atoms with E-state index in [4.69, 9.17) is 18.9 Å². The maximum atomic E-state index is 14.0. The van der Waals surface area contributed by atoms with Gasteiger partial charge in [0.25, 0.3) is 0 Å². The second kappa shape index (κ2) is 11.8. The summed E-state index contributed by atoms with van der Waals surface area (Å²) < 4.78 is 22.4. The Bertz CT molecular complexity index is 1660. The van der Waals surface area contributed by atoms with E-state index in [1.165, 1.54) is 21.1 Å². The monoisotopic (exact) mass is 619 g/mol. The van der Waals surface area contributed by atoms with Crippen LogP contribution in [0.2, 0.25) is 0 Å². The van der Waals surface area contributed by atoms with Crippen LogP contribution in [0, 0.1) is 18.3 Å². The molecule has 12 nitrogen and oxygen atoms in total. The molecule has 45 heavy (non-hydrogen) atoms. The molecule has 0 unspecified atom stereocenters. The number of nitriles is 1. The van der Waals surface area contributed by atoms with Gasteiger partial charge in [0, 0.05) is 58.0 Å². The van der Waals surface area contributed by atoms with Crippen LogP contribution in [0.5, 0.6) is 17.2 Å². The predicted molar refractivity (Wildman–Crippen MR) is 159 cm³/mol. The summed E-state index contributed by atoms with van der Waals surface area (Å²) in [5.74, 6) is -1.87. The highest BCUT2D eigenvalue weighted by molar-refractivity contribution is 6.25. The number of esters is 2. The highest BCUT2D eigenvalue weighted by Gasteiger charge is 2.59.